The summed E-state index contributed by atoms with van der Waals surface area (Å²) in [5.74, 6) is -1.93. The molecular formula is C23H20N2O7S. The van der Waals surface area contributed by atoms with Gasteiger partial charge in [-0.1, -0.05) is 18.2 Å². The van der Waals surface area contributed by atoms with Gasteiger partial charge in [-0.2, -0.15) is 0 Å². The molecule has 0 saturated heterocycles. The Kier molecular flexibility index (Phi) is 7.09. The Hall–Kier alpha value is -4.18. The Labute approximate surface area is 190 Å². The first-order valence-corrected chi connectivity index (χ1v) is 11.0. The largest absolute Gasteiger partial charge is 0.465 e. The maximum atomic E-state index is 12.7. The second-order valence-electron chi connectivity index (χ2n) is 6.69. The highest BCUT2D eigenvalue weighted by Crippen LogP contribution is 2.22. The van der Waals surface area contributed by atoms with Crippen LogP contribution in [-0.4, -0.2) is 40.5 Å². The Morgan fingerprint density at radius 1 is 0.758 bits per heavy atom. The molecule has 9 nitrogen and oxygen atoms in total. The van der Waals surface area contributed by atoms with Crippen molar-refractivity contribution in [2.24, 2.45) is 0 Å². The topological polar surface area (TPSA) is 128 Å². The fraction of sp³-hybridized carbons (Fsp3) is 0.0870. The van der Waals surface area contributed by atoms with Gasteiger partial charge in [0, 0.05) is 11.3 Å². The zero-order valence-corrected chi connectivity index (χ0v) is 18.5. The standard InChI is InChI=1S/C23H20N2O7S/c1-31-22(27)16-10-13-19(23(28)32-2)20(14-16)24-21(26)15-8-11-17(12-9-15)25-33(29,30)18-6-4-3-5-7-18/h3-14,25H,1-2H3,(H,24,26). The number of nitrogens with one attached hydrogen (secondary N) is 2. The van der Waals surface area contributed by atoms with Crippen molar-refractivity contribution >= 4 is 39.2 Å². The summed E-state index contributed by atoms with van der Waals surface area (Å²) < 4.78 is 36.7. The van der Waals surface area contributed by atoms with E-state index in [9.17, 15) is 22.8 Å². The lowest BCUT2D eigenvalue weighted by molar-refractivity contribution is 0.0587. The Balaban J connectivity index is 1.81. The van der Waals surface area contributed by atoms with Crippen LogP contribution in [0.25, 0.3) is 0 Å². The average molecular weight is 468 g/mol. The number of hydrogen-bond donors (Lipinski definition) is 2. The van der Waals surface area contributed by atoms with E-state index in [-0.39, 0.29) is 33.0 Å². The van der Waals surface area contributed by atoms with Crippen LogP contribution in [0.3, 0.4) is 0 Å². The molecule has 0 aliphatic heterocycles. The van der Waals surface area contributed by atoms with Crippen molar-refractivity contribution in [3.63, 3.8) is 0 Å². The SMILES string of the molecule is COC(=O)c1ccc(C(=O)OC)c(NC(=O)c2ccc(NS(=O)(=O)c3ccccc3)cc2)c1. The number of amides is 1. The average Bonchev–Trinajstić information content (AvgIpc) is 2.83. The van der Waals surface area contributed by atoms with Crippen LogP contribution in [-0.2, 0) is 19.5 Å². The predicted molar refractivity (Wildman–Crippen MR) is 121 cm³/mol. The molecule has 0 saturated carbocycles. The molecule has 3 aromatic rings. The summed E-state index contributed by atoms with van der Waals surface area (Å²) in [5, 5.41) is 2.57. The molecule has 3 aromatic carbocycles. The van der Waals surface area contributed by atoms with E-state index >= 15 is 0 Å². The molecule has 0 atom stereocenters. The highest BCUT2D eigenvalue weighted by Gasteiger charge is 2.18. The Morgan fingerprint density at radius 3 is 1.97 bits per heavy atom. The maximum Gasteiger partial charge on any atom is 0.339 e. The maximum absolute atomic E-state index is 12.7. The summed E-state index contributed by atoms with van der Waals surface area (Å²) in [6.45, 7) is 0. The molecule has 0 aliphatic rings. The van der Waals surface area contributed by atoms with Crippen LogP contribution in [0.5, 0.6) is 0 Å². The fourth-order valence-electron chi connectivity index (χ4n) is 2.88. The summed E-state index contributed by atoms with van der Waals surface area (Å²) in [6.07, 6.45) is 0. The highest BCUT2D eigenvalue weighted by atomic mass is 32.2. The van der Waals surface area contributed by atoms with Crippen molar-refractivity contribution < 1.29 is 32.3 Å². The van der Waals surface area contributed by atoms with Crippen LogP contribution in [0.1, 0.15) is 31.1 Å². The molecule has 33 heavy (non-hydrogen) atoms. The summed E-state index contributed by atoms with van der Waals surface area (Å²) in [5.41, 5.74) is 0.691. The van der Waals surface area contributed by atoms with Crippen molar-refractivity contribution in [2.45, 2.75) is 4.90 Å². The molecule has 0 aliphatic carbocycles. The van der Waals surface area contributed by atoms with E-state index < -0.39 is 27.9 Å². The van der Waals surface area contributed by atoms with Gasteiger partial charge in [-0.05, 0) is 54.6 Å². The highest BCUT2D eigenvalue weighted by molar-refractivity contribution is 7.92. The van der Waals surface area contributed by atoms with Gasteiger partial charge in [0.2, 0.25) is 0 Å². The van der Waals surface area contributed by atoms with E-state index in [0.717, 1.165) is 0 Å². The molecule has 0 radical (unpaired) electrons. The van der Waals surface area contributed by atoms with Crippen LogP contribution in [0, 0.1) is 0 Å². The predicted octanol–water partition coefficient (Wildman–Crippen LogP) is 3.31. The van der Waals surface area contributed by atoms with Crippen LogP contribution < -0.4 is 10.0 Å². The van der Waals surface area contributed by atoms with Gasteiger partial charge in [-0.25, -0.2) is 18.0 Å². The van der Waals surface area contributed by atoms with Crippen molar-refractivity contribution in [1.29, 1.82) is 0 Å². The molecular weight excluding hydrogens is 448 g/mol. The molecule has 0 heterocycles. The number of methoxy groups -OCH3 is 2. The van der Waals surface area contributed by atoms with Gasteiger partial charge in [0.05, 0.1) is 35.9 Å². The van der Waals surface area contributed by atoms with Gasteiger partial charge in [-0.15, -0.1) is 0 Å². The van der Waals surface area contributed by atoms with E-state index in [1.54, 1.807) is 18.2 Å². The summed E-state index contributed by atoms with van der Waals surface area (Å²) in [4.78, 5) is 36.7. The number of hydrogen-bond acceptors (Lipinski definition) is 7. The Morgan fingerprint density at radius 2 is 1.36 bits per heavy atom. The van der Waals surface area contributed by atoms with Crippen molar-refractivity contribution in [1.82, 2.24) is 0 Å². The Bertz CT molecular complexity index is 1290. The first-order chi connectivity index (χ1) is 15.7. The molecule has 0 fully saturated rings. The number of ether oxygens (including phenoxy) is 2. The number of rotatable bonds is 7. The van der Waals surface area contributed by atoms with Gasteiger partial charge in [0.1, 0.15) is 0 Å². The van der Waals surface area contributed by atoms with E-state index in [1.807, 2.05) is 0 Å². The van der Waals surface area contributed by atoms with Gasteiger partial charge in [0.25, 0.3) is 15.9 Å². The molecule has 1 amide bonds. The minimum atomic E-state index is -3.77. The van der Waals surface area contributed by atoms with E-state index in [0.29, 0.717) is 0 Å². The molecule has 2 N–H and O–H groups in total. The molecule has 0 spiro atoms. The zero-order valence-electron chi connectivity index (χ0n) is 17.7. The minimum absolute atomic E-state index is 0.0470. The second-order valence-corrected chi connectivity index (χ2v) is 8.38. The minimum Gasteiger partial charge on any atom is -0.465 e. The summed E-state index contributed by atoms with van der Waals surface area (Å²) in [6, 6.07) is 17.6. The first kappa shape index (κ1) is 23.5. The summed E-state index contributed by atoms with van der Waals surface area (Å²) >= 11 is 0. The lowest BCUT2D eigenvalue weighted by Crippen LogP contribution is -2.17. The van der Waals surface area contributed by atoms with Gasteiger partial charge < -0.3 is 14.8 Å². The van der Waals surface area contributed by atoms with E-state index in [1.165, 1.54) is 68.8 Å². The smallest absolute Gasteiger partial charge is 0.339 e. The lowest BCUT2D eigenvalue weighted by atomic mass is 10.1. The van der Waals surface area contributed by atoms with Crippen molar-refractivity contribution in [3.8, 4) is 0 Å². The third-order valence-electron chi connectivity index (χ3n) is 4.55. The lowest BCUT2D eigenvalue weighted by Gasteiger charge is -2.12. The van der Waals surface area contributed by atoms with E-state index in [2.05, 4.69) is 14.8 Å². The molecule has 0 unspecified atom stereocenters. The van der Waals surface area contributed by atoms with Crippen molar-refractivity contribution in [2.75, 3.05) is 24.3 Å². The molecule has 0 aromatic heterocycles. The quantitative estimate of drug-likeness (QED) is 0.509. The third kappa shape index (κ3) is 5.55. The van der Waals surface area contributed by atoms with Crippen molar-refractivity contribution in [3.05, 3.63) is 89.5 Å². The van der Waals surface area contributed by atoms with Crippen LogP contribution in [0.15, 0.2) is 77.7 Å². The summed E-state index contributed by atoms with van der Waals surface area (Å²) in [7, 11) is -1.37. The third-order valence-corrected chi connectivity index (χ3v) is 5.94. The van der Waals surface area contributed by atoms with Crippen LogP contribution in [0.4, 0.5) is 11.4 Å². The van der Waals surface area contributed by atoms with Gasteiger partial charge in [0.15, 0.2) is 0 Å². The zero-order chi connectivity index (χ0) is 24.0. The van der Waals surface area contributed by atoms with Crippen LogP contribution in [0.2, 0.25) is 0 Å². The normalized spacial score (nSPS) is 10.7. The number of benzene rings is 3. The monoisotopic (exact) mass is 468 g/mol. The molecule has 170 valence electrons. The fourth-order valence-corrected chi connectivity index (χ4v) is 3.96. The number of carbonyl (C=O) groups is 3. The first-order valence-electron chi connectivity index (χ1n) is 9.55. The molecule has 3 rings (SSSR count). The van der Waals surface area contributed by atoms with Crippen LogP contribution >= 0.6 is 0 Å². The van der Waals surface area contributed by atoms with Gasteiger partial charge >= 0.3 is 11.9 Å². The number of sulfonamides is 1. The number of anilines is 2. The number of carbonyl (C=O) groups excluding carboxylic acids is 3. The molecule has 10 heteroatoms. The molecule has 0 bridgehead atoms. The number of esters is 2. The van der Waals surface area contributed by atoms with E-state index in [4.69, 9.17) is 4.74 Å². The second kappa shape index (κ2) is 9.96. The van der Waals surface area contributed by atoms with Gasteiger partial charge in [-0.3, -0.25) is 9.52 Å².